The lowest BCUT2D eigenvalue weighted by Crippen LogP contribution is -1.98. The summed E-state index contributed by atoms with van der Waals surface area (Å²) in [4.78, 5) is 14.8. The lowest BCUT2D eigenvalue weighted by molar-refractivity contribution is 0.914. The van der Waals surface area contributed by atoms with E-state index < -0.39 is 0 Å². The summed E-state index contributed by atoms with van der Waals surface area (Å²) in [5, 5.41) is 2.57. The number of aromatic nitrogens is 3. The van der Waals surface area contributed by atoms with Crippen molar-refractivity contribution in [2.75, 3.05) is 0 Å². The summed E-state index contributed by atoms with van der Waals surface area (Å²) in [5.74, 6) is 0. The van der Waals surface area contributed by atoms with Crippen molar-refractivity contribution in [2.45, 2.75) is 0 Å². The molecule has 0 amide bonds. The van der Waals surface area contributed by atoms with E-state index in [0.717, 1.165) is 4.47 Å². The van der Waals surface area contributed by atoms with Gasteiger partial charge in [-0.3, -0.25) is 9.89 Å². The number of nitrogens with zero attached hydrogens (tertiary/aromatic N) is 2. The van der Waals surface area contributed by atoms with Crippen LogP contribution in [0.2, 0.25) is 0 Å². The van der Waals surface area contributed by atoms with Crippen LogP contribution in [-0.4, -0.2) is 14.6 Å². The van der Waals surface area contributed by atoms with Crippen LogP contribution in [0.25, 0.3) is 5.65 Å². The molecule has 0 fully saturated rings. The molecule has 0 spiro atoms. The van der Waals surface area contributed by atoms with E-state index >= 15 is 0 Å². The molecule has 2 aromatic heterocycles. The van der Waals surface area contributed by atoms with Crippen LogP contribution >= 0.6 is 15.9 Å². The van der Waals surface area contributed by atoms with Crippen molar-refractivity contribution in [1.82, 2.24) is 14.6 Å². The first-order chi connectivity index (χ1) is 5.25. The van der Waals surface area contributed by atoms with E-state index in [4.69, 9.17) is 0 Å². The molecule has 5 heteroatoms. The highest BCUT2D eigenvalue weighted by Gasteiger charge is 1.95. The Hall–Kier alpha value is -1.10. The van der Waals surface area contributed by atoms with E-state index in [2.05, 4.69) is 26.0 Å². The second-order valence-corrected chi connectivity index (χ2v) is 3.04. The van der Waals surface area contributed by atoms with Crippen molar-refractivity contribution in [1.29, 1.82) is 0 Å². The molecule has 4 nitrogen and oxygen atoms in total. The van der Waals surface area contributed by atoms with Gasteiger partial charge in [-0.05, 0) is 15.9 Å². The predicted molar refractivity (Wildman–Crippen MR) is 43.5 cm³/mol. The lowest BCUT2D eigenvalue weighted by atomic mass is 10.6. The molecule has 0 aliphatic rings. The van der Waals surface area contributed by atoms with Gasteiger partial charge in [0.2, 0.25) is 0 Å². The predicted octanol–water partition coefficient (Wildman–Crippen LogP) is 0.785. The summed E-state index contributed by atoms with van der Waals surface area (Å²) in [6, 6.07) is 1.44. The molecule has 2 heterocycles. The maximum atomic E-state index is 10.8. The minimum atomic E-state index is -0.143. The highest BCUT2D eigenvalue weighted by Crippen LogP contribution is 2.06. The summed E-state index contributed by atoms with van der Waals surface area (Å²) in [5.41, 5.74) is 0.480. The van der Waals surface area contributed by atoms with Crippen LogP contribution in [0, 0.1) is 0 Å². The zero-order chi connectivity index (χ0) is 7.84. The molecule has 0 radical (unpaired) electrons. The van der Waals surface area contributed by atoms with Gasteiger partial charge >= 0.3 is 0 Å². The summed E-state index contributed by atoms with van der Waals surface area (Å²) >= 11 is 3.24. The van der Waals surface area contributed by atoms with Crippen molar-refractivity contribution in [3.8, 4) is 0 Å². The quantitative estimate of drug-likeness (QED) is 0.704. The molecule has 2 aromatic rings. The third-order valence-electron chi connectivity index (χ3n) is 1.31. The van der Waals surface area contributed by atoms with Gasteiger partial charge in [0.25, 0.3) is 5.56 Å². The van der Waals surface area contributed by atoms with E-state index in [1.54, 1.807) is 16.9 Å². The average Bonchev–Trinajstić information content (AvgIpc) is 2.27. The normalized spacial score (nSPS) is 10.6. The van der Waals surface area contributed by atoms with Gasteiger partial charge in [0.1, 0.15) is 0 Å². The Bertz CT molecular complexity index is 444. The molecule has 0 saturated heterocycles. The van der Waals surface area contributed by atoms with Gasteiger partial charge in [-0.15, -0.1) is 0 Å². The van der Waals surface area contributed by atoms with Gasteiger partial charge in [0.05, 0.1) is 4.47 Å². The van der Waals surface area contributed by atoms with Crippen LogP contribution < -0.4 is 5.56 Å². The van der Waals surface area contributed by atoms with Crippen molar-refractivity contribution in [3.05, 3.63) is 33.3 Å². The zero-order valence-electron chi connectivity index (χ0n) is 5.41. The van der Waals surface area contributed by atoms with E-state index in [9.17, 15) is 4.79 Å². The SMILES string of the molecule is O=c1cc2ncc(Br)cn2[nH]1. The van der Waals surface area contributed by atoms with E-state index in [1.807, 2.05) is 0 Å². The molecule has 0 bridgehead atoms. The molecular formula is C6H4BrN3O. The first-order valence-electron chi connectivity index (χ1n) is 2.99. The smallest absolute Gasteiger partial charge is 0.266 e. The molecule has 0 aliphatic heterocycles. The van der Waals surface area contributed by atoms with Crippen molar-refractivity contribution < 1.29 is 0 Å². The van der Waals surface area contributed by atoms with Crippen molar-refractivity contribution in [2.24, 2.45) is 0 Å². The molecule has 1 N–H and O–H groups in total. The third kappa shape index (κ3) is 1.07. The Balaban J connectivity index is 2.92. The second-order valence-electron chi connectivity index (χ2n) is 2.12. The van der Waals surface area contributed by atoms with E-state index in [0.29, 0.717) is 5.65 Å². The number of rotatable bonds is 0. The minimum absolute atomic E-state index is 0.143. The summed E-state index contributed by atoms with van der Waals surface area (Å²) in [6.07, 6.45) is 3.38. The maximum absolute atomic E-state index is 10.8. The number of hydrogen-bond acceptors (Lipinski definition) is 2. The monoisotopic (exact) mass is 213 g/mol. The molecule has 0 saturated carbocycles. The molecule has 11 heavy (non-hydrogen) atoms. The zero-order valence-corrected chi connectivity index (χ0v) is 7.00. The van der Waals surface area contributed by atoms with Crippen LogP contribution in [-0.2, 0) is 0 Å². The molecular weight excluding hydrogens is 210 g/mol. The second kappa shape index (κ2) is 2.20. The summed E-state index contributed by atoms with van der Waals surface area (Å²) in [7, 11) is 0. The van der Waals surface area contributed by atoms with Crippen LogP contribution in [0.5, 0.6) is 0 Å². The average molecular weight is 214 g/mol. The topological polar surface area (TPSA) is 50.2 Å². The van der Waals surface area contributed by atoms with Crippen LogP contribution in [0.1, 0.15) is 0 Å². The van der Waals surface area contributed by atoms with E-state index in [1.165, 1.54) is 6.07 Å². The number of halogens is 1. The Morgan fingerprint density at radius 3 is 3.27 bits per heavy atom. The fourth-order valence-electron chi connectivity index (χ4n) is 0.877. The number of nitrogens with one attached hydrogen (secondary N) is 1. The minimum Gasteiger partial charge on any atom is -0.268 e. The number of fused-ring (bicyclic) bond motifs is 1. The fraction of sp³-hybridized carbons (Fsp3) is 0. The number of H-pyrrole nitrogens is 1. The maximum Gasteiger partial charge on any atom is 0.266 e. The Kier molecular flexibility index (Phi) is 1.32. The van der Waals surface area contributed by atoms with Gasteiger partial charge in [-0.1, -0.05) is 0 Å². The first-order valence-corrected chi connectivity index (χ1v) is 3.78. The lowest BCUT2D eigenvalue weighted by Gasteiger charge is -1.91. The Labute approximate surface area is 70.0 Å². The highest BCUT2D eigenvalue weighted by atomic mass is 79.9. The molecule has 0 aliphatic carbocycles. The van der Waals surface area contributed by atoms with Gasteiger partial charge in [0.15, 0.2) is 5.65 Å². The molecule has 0 aromatic carbocycles. The highest BCUT2D eigenvalue weighted by molar-refractivity contribution is 9.10. The van der Waals surface area contributed by atoms with Gasteiger partial charge in [-0.25, -0.2) is 9.50 Å². The Morgan fingerprint density at radius 2 is 2.45 bits per heavy atom. The van der Waals surface area contributed by atoms with Gasteiger partial charge in [-0.2, -0.15) is 0 Å². The van der Waals surface area contributed by atoms with E-state index in [-0.39, 0.29) is 5.56 Å². The first kappa shape index (κ1) is 6.60. The molecule has 0 unspecified atom stereocenters. The van der Waals surface area contributed by atoms with Crippen LogP contribution in [0.4, 0.5) is 0 Å². The molecule has 0 atom stereocenters. The summed E-state index contributed by atoms with van der Waals surface area (Å²) in [6.45, 7) is 0. The van der Waals surface area contributed by atoms with Gasteiger partial charge < -0.3 is 0 Å². The van der Waals surface area contributed by atoms with Crippen molar-refractivity contribution in [3.63, 3.8) is 0 Å². The fourth-order valence-corrected chi connectivity index (χ4v) is 1.18. The largest absolute Gasteiger partial charge is 0.268 e. The summed E-state index contributed by atoms with van der Waals surface area (Å²) < 4.78 is 2.39. The Morgan fingerprint density at radius 1 is 1.64 bits per heavy atom. The van der Waals surface area contributed by atoms with Crippen LogP contribution in [0.3, 0.4) is 0 Å². The molecule has 2 rings (SSSR count). The number of hydrogen-bond donors (Lipinski definition) is 1. The van der Waals surface area contributed by atoms with Crippen LogP contribution in [0.15, 0.2) is 27.7 Å². The van der Waals surface area contributed by atoms with Crippen molar-refractivity contribution >= 4 is 21.6 Å². The number of aromatic amines is 1. The third-order valence-corrected chi connectivity index (χ3v) is 1.72. The molecule has 56 valence electrons. The van der Waals surface area contributed by atoms with Gasteiger partial charge in [0, 0.05) is 18.5 Å². The standard InChI is InChI=1S/C6H4BrN3O/c7-4-2-8-5-1-6(11)9-10(5)3-4/h1-3H,(H,9,11).